The summed E-state index contributed by atoms with van der Waals surface area (Å²) in [4.78, 5) is 25.7. The Morgan fingerprint density at radius 2 is 2.17 bits per heavy atom. The van der Waals surface area contributed by atoms with E-state index in [1.165, 1.54) is 12.1 Å². The molecular weight excluding hydrogens is 409 g/mol. The average Bonchev–Trinajstić information content (AvgIpc) is 3.47. The molecule has 4 heterocycles. The topological polar surface area (TPSA) is 104 Å². The number of piperazine rings is 1. The lowest BCUT2D eigenvalue weighted by atomic mass is 10.1. The van der Waals surface area contributed by atoms with Crippen molar-refractivity contribution in [3.8, 4) is 11.4 Å². The van der Waals surface area contributed by atoms with Gasteiger partial charge in [-0.05, 0) is 24.6 Å². The number of aromatic nitrogens is 4. The molecule has 1 amide bonds. The number of nitrogens with zero attached hydrogens (tertiary/aromatic N) is 5. The summed E-state index contributed by atoms with van der Waals surface area (Å²) in [6.07, 6.45) is 4.26. The molecule has 2 fully saturated rings. The zero-order valence-electron chi connectivity index (χ0n) is 15.9. The molecule has 0 aliphatic carbocycles. The molecule has 1 aromatic carbocycles. The predicted molar refractivity (Wildman–Crippen MR) is 109 cm³/mol. The molecule has 2 bridgehead atoms. The lowest BCUT2D eigenvalue weighted by Crippen LogP contribution is -2.48. The largest absolute Gasteiger partial charge is 0.382 e. The van der Waals surface area contributed by atoms with Crippen molar-refractivity contribution < 1.29 is 9.18 Å². The van der Waals surface area contributed by atoms with Gasteiger partial charge in [-0.25, -0.2) is 14.4 Å². The Labute approximate surface area is 176 Å². The van der Waals surface area contributed by atoms with Crippen LogP contribution in [0.2, 0.25) is 5.02 Å². The first-order valence-electron chi connectivity index (χ1n) is 9.62. The lowest BCUT2D eigenvalue weighted by molar-refractivity contribution is 0.0610. The Morgan fingerprint density at radius 1 is 1.30 bits per heavy atom. The van der Waals surface area contributed by atoms with Crippen LogP contribution >= 0.6 is 11.6 Å². The van der Waals surface area contributed by atoms with Crippen molar-refractivity contribution >= 4 is 23.3 Å². The van der Waals surface area contributed by atoms with E-state index >= 15 is 0 Å². The standard InChI is InChI=1S/C20H19ClFN7O/c21-15-3-1-2-14(17(15)22)20(30)29-10-12-6-13(29)9-28(12)8-11-7-24-18(19(23)26-11)16-4-5-25-27-16/h1-5,7,12-13H,6,8-10H2,(H2,23,26)(H,25,27)/t12-,13-/m0/s1. The number of aromatic amines is 1. The van der Waals surface area contributed by atoms with E-state index in [9.17, 15) is 9.18 Å². The van der Waals surface area contributed by atoms with Crippen LogP contribution in [0.15, 0.2) is 36.7 Å². The molecule has 10 heteroatoms. The number of halogens is 2. The molecule has 0 saturated carbocycles. The molecule has 0 unspecified atom stereocenters. The number of nitrogens with one attached hydrogen (secondary N) is 1. The van der Waals surface area contributed by atoms with Crippen LogP contribution < -0.4 is 5.73 Å². The summed E-state index contributed by atoms with van der Waals surface area (Å²) < 4.78 is 14.3. The number of amides is 1. The molecule has 2 aliphatic rings. The van der Waals surface area contributed by atoms with E-state index in [2.05, 4.69) is 25.1 Å². The van der Waals surface area contributed by atoms with Crippen LogP contribution in [0, 0.1) is 5.82 Å². The summed E-state index contributed by atoms with van der Waals surface area (Å²) in [5.74, 6) is -0.640. The summed E-state index contributed by atoms with van der Waals surface area (Å²) in [5, 5.41) is 6.78. The molecule has 2 aliphatic heterocycles. The maximum atomic E-state index is 14.3. The number of hydrogen-bond donors (Lipinski definition) is 2. The van der Waals surface area contributed by atoms with Crippen molar-refractivity contribution in [3.63, 3.8) is 0 Å². The van der Waals surface area contributed by atoms with Crippen molar-refractivity contribution in [2.75, 3.05) is 18.8 Å². The number of anilines is 1. The molecule has 5 rings (SSSR count). The first-order chi connectivity index (χ1) is 14.5. The lowest BCUT2D eigenvalue weighted by Gasteiger charge is -2.34. The van der Waals surface area contributed by atoms with E-state index in [1.54, 1.807) is 29.4 Å². The Morgan fingerprint density at radius 3 is 2.87 bits per heavy atom. The fraction of sp³-hybridized carbons (Fsp3) is 0.300. The van der Waals surface area contributed by atoms with Crippen molar-refractivity contribution in [1.82, 2.24) is 30.0 Å². The van der Waals surface area contributed by atoms with E-state index < -0.39 is 5.82 Å². The average molecular weight is 428 g/mol. The maximum absolute atomic E-state index is 14.3. The number of nitrogen functional groups attached to an aromatic ring is 1. The highest BCUT2D eigenvalue weighted by Crippen LogP contribution is 2.33. The minimum atomic E-state index is -0.661. The Bertz CT molecular complexity index is 1110. The van der Waals surface area contributed by atoms with Crippen LogP contribution in [-0.4, -0.2) is 61.0 Å². The Hall–Kier alpha value is -3.04. The number of nitrogens with two attached hydrogens (primary N) is 1. The zero-order valence-corrected chi connectivity index (χ0v) is 16.7. The Balaban J connectivity index is 1.27. The van der Waals surface area contributed by atoms with Gasteiger partial charge in [0.25, 0.3) is 5.91 Å². The Kier molecular flexibility index (Phi) is 4.63. The van der Waals surface area contributed by atoms with Crippen LogP contribution in [0.3, 0.4) is 0 Å². The molecule has 2 aromatic heterocycles. The molecule has 30 heavy (non-hydrogen) atoms. The third-order valence-corrected chi connectivity index (χ3v) is 6.05. The first-order valence-corrected chi connectivity index (χ1v) is 9.99. The summed E-state index contributed by atoms with van der Waals surface area (Å²) in [5.41, 5.74) is 8.05. The van der Waals surface area contributed by atoms with Gasteiger partial charge in [0.2, 0.25) is 0 Å². The molecule has 0 radical (unpaired) electrons. The zero-order chi connectivity index (χ0) is 20.8. The minimum absolute atomic E-state index is 0.0224. The SMILES string of the molecule is Nc1nc(CN2C[C@@H]3C[C@H]2CN3C(=O)c2cccc(Cl)c2F)cnc1-c1cc[nH]n1. The van der Waals surface area contributed by atoms with Gasteiger partial charge in [-0.15, -0.1) is 0 Å². The van der Waals surface area contributed by atoms with Gasteiger partial charge in [-0.1, -0.05) is 17.7 Å². The summed E-state index contributed by atoms with van der Waals surface area (Å²) in [6, 6.07) is 6.52. The normalized spacial score (nSPS) is 20.8. The quantitative estimate of drug-likeness (QED) is 0.662. The van der Waals surface area contributed by atoms with E-state index in [4.69, 9.17) is 17.3 Å². The van der Waals surface area contributed by atoms with Gasteiger partial charge in [0.05, 0.1) is 22.5 Å². The molecule has 2 saturated heterocycles. The van der Waals surface area contributed by atoms with E-state index in [0.29, 0.717) is 36.8 Å². The third kappa shape index (κ3) is 3.20. The van der Waals surface area contributed by atoms with Crippen molar-refractivity contribution in [2.24, 2.45) is 0 Å². The number of fused-ring (bicyclic) bond motifs is 2. The van der Waals surface area contributed by atoms with Gasteiger partial charge >= 0.3 is 0 Å². The van der Waals surface area contributed by atoms with Crippen LogP contribution in [0.5, 0.6) is 0 Å². The van der Waals surface area contributed by atoms with Crippen LogP contribution in [0.4, 0.5) is 10.2 Å². The second-order valence-electron chi connectivity index (χ2n) is 7.59. The van der Waals surface area contributed by atoms with Gasteiger partial charge in [0, 0.05) is 37.9 Å². The second kappa shape index (κ2) is 7.33. The predicted octanol–water partition coefficient (Wildman–Crippen LogP) is 2.34. The number of H-pyrrole nitrogens is 1. The highest BCUT2D eigenvalue weighted by molar-refractivity contribution is 6.31. The fourth-order valence-electron chi connectivity index (χ4n) is 4.33. The van der Waals surface area contributed by atoms with E-state index in [0.717, 1.165) is 12.1 Å². The summed E-state index contributed by atoms with van der Waals surface area (Å²) in [7, 11) is 0. The number of likely N-dealkylation sites (tertiary alicyclic amines) is 2. The maximum Gasteiger partial charge on any atom is 0.257 e. The van der Waals surface area contributed by atoms with Gasteiger partial charge in [-0.3, -0.25) is 14.8 Å². The number of rotatable bonds is 4. The second-order valence-corrected chi connectivity index (χ2v) is 7.99. The highest BCUT2D eigenvalue weighted by Gasteiger charge is 2.45. The summed E-state index contributed by atoms with van der Waals surface area (Å²) >= 11 is 5.83. The number of benzene rings is 1. The molecule has 0 spiro atoms. The van der Waals surface area contributed by atoms with Crippen LogP contribution in [0.25, 0.3) is 11.4 Å². The summed E-state index contributed by atoms with van der Waals surface area (Å²) in [6.45, 7) is 1.83. The number of carbonyl (C=O) groups is 1. The monoisotopic (exact) mass is 427 g/mol. The fourth-order valence-corrected chi connectivity index (χ4v) is 4.51. The number of carbonyl (C=O) groups excluding carboxylic acids is 1. The number of hydrogen-bond acceptors (Lipinski definition) is 6. The molecule has 2 atom stereocenters. The van der Waals surface area contributed by atoms with Crippen molar-refractivity contribution in [3.05, 3.63) is 58.8 Å². The van der Waals surface area contributed by atoms with Crippen LogP contribution in [-0.2, 0) is 6.54 Å². The van der Waals surface area contributed by atoms with Gasteiger partial charge < -0.3 is 10.6 Å². The van der Waals surface area contributed by atoms with Gasteiger partial charge in [-0.2, -0.15) is 5.10 Å². The molecular formula is C20H19ClFN7O. The highest BCUT2D eigenvalue weighted by atomic mass is 35.5. The molecule has 3 N–H and O–H groups in total. The first kappa shape index (κ1) is 19.0. The van der Waals surface area contributed by atoms with E-state index in [-0.39, 0.29) is 28.6 Å². The van der Waals surface area contributed by atoms with Crippen LogP contribution in [0.1, 0.15) is 22.5 Å². The molecule has 3 aromatic rings. The smallest absolute Gasteiger partial charge is 0.257 e. The van der Waals surface area contributed by atoms with Gasteiger partial charge in [0.1, 0.15) is 11.4 Å². The third-order valence-electron chi connectivity index (χ3n) is 5.75. The van der Waals surface area contributed by atoms with E-state index in [1.807, 2.05) is 0 Å². The molecule has 8 nitrogen and oxygen atoms in total. The minimum Gasteiger partial charge on any atom is -0.382 e. The van der Waals surface area contributed by atoms with Crippen molar-refractivity contribution in [2.45, 2.75) is 25.0 Å². The van der Waals surface area contributed by atoms with Crippen molar-refractivity contribution in [1.29, 1.82) is 0 Å². The molecule has 154 valence electrons. The van der Waals surface area contributed by atoms with Gasteiger partial charge in [0.15, 0.2) is 11.6 Å².